The molecule has 7 nitrogen and oxygen atoms in total. The van der Waals surface area contributed by atoms with Gasteiger partial charge in [0.05, 0.1) is 19.8 Å². The van der Waals surface area contributed by atoms with Crippen LogP contribution in [0, 0.1) is 6.92 Å². The fraction of sp³-hybridized carbons (Fsp3) is 0.429. The molecule has 3 aromatic rings. The van der Waals surface area contributed by atoms with E-state index in [9.17, 15) is 9.90 Å². The number of β-amino-alcohol motifs (C(OH)–C–C–N with tert-alkyl or cyclic N) is 1. The molecule has 184 valence electrons. The summed E-state index contributed by atoms with van der Waals surface area (Å²) in [6, 6.07) is 16.6. The maximum absolute atomic E-state index is 13.6. The number of benzene rings is 2. The van der Waals surface area contributed by atoms with E-state index >= 15 is 0 Å². The quantitative estimate of drug-likeness (QED) is 0.593. The first-order valence-corrected chi connectivity index (χ1v) is 12.5. The number of hydrogen-bond donors (Lipinski definition) is 1. The number of ether oxygens (including phenoxy) is 1. The molecule has 5 rings (SSSR count). The van der Waals surface area contributed by atoms with Gasteiger partial charge in [-0.15, -0.1) is 0 Å². The molecule has 35 heavy (non-hydrogen) atoms. The largest absolute Gasteiger partial charge is 0.497 e. The number of rotatable bonds is 6. The van der Waals surface area contributed by atoms with Crippen molar-refractivity contribution in [2.24, 2.45) is 0 Å². The monoisotopic (exact) mass is 474 g/mol. The number of likely N-dealkylation sites (tertiary alicyclic amines) is 1. The number of aromatic nitrogens is 2. The van der Waals surface area contributed by atoms with Crippen molar-refractivity contribution in [3.05, 3.63) is 82.2 Å². The van der Waals surface area contributed by atoms with Crippen LogP contribution >= 0.6 is 0 Å². The molecule has 1 fully saturated rings. The summed E-state index contributed by atoms with van der Waals surface area (Å²) in [5.41, 5.74) is 6.32. The molecule has 1 amide bonds. The minimum atomic E-state index is -0.458. The number of amides is 1. The number of carbonyl (C=O) groups excluding carboxylic acids is 1. The number of nitrogens with zero attached hydrogens (tertiary/aromatic N) is 4. The number of methoxy groups -OCH3 is 1. The lowest BCUT2D eigenvalue weighted by Crippen LogP contribution is -2.43. The van der Waals surface area contributed by atoms with Gasteiger partial charge in [0.1, 0.15) is 5.75 Å². The van der Waals surface area contributed by atoms with Crippen LogP contribution in [0.1, 0.15) is 51.3 Å². The summed E-state index contributed by atoms with van der Waals surface area (Å²) in [6.07, 6.45) is 1.95. The van der Waals surface area contributed by atoms with Crippen molar-refractivity contribution < 1.29 is 14.6 Å². The van der Waals surface area contributed by atoms with Crippen LogP contribution in [-0.2, 0) is 26.1 Å². The van der Waals surface area contributed by atoms with Crippen LogP contribution in [0.3, 0.4) is 0 Å². The van der Waals surface area contributed by atoms with Gasteiger partial charge < -0.3 is 14.7 Å². The molecule has 0 bridgehead atoms. The molecule has 1 aromatic heterocycles. The second kappa shape index (κ2) is 10.2. The second-order valence-corrected chi connectivity index (χ2v) is 9.78. The number of fused-ring (bicyclic) bond motifs is 1. The Kier molecular flexibility index (Phi) is 6.88. The van der Waals surface area contributed by atoms with Crippen molar-refractivity contribution in [3.8, 4) is 5.75 Å². The Bertz CT molecular complexity index is 1200. The number of aliphatic hydroxyl groups excluding tert-OH is 1. The molecule has 7 heteroatoms. The highest BCUT2D eigenvalue weighted by Crippen LogP contribution is 2.27. The maximum atomic E-state index is 13.6. The molecular formula is C28H34N4O3. The van der Waals surface area contributed by atoms with Crippen LogP contribution in [0.25, 0.3) is 0 Å². The Morgan fingerprint density at radius 2 is 1.91 bits per heavy atom. The van der Waals surface area contributed by atoms with E-state index in [1.807, 2.05) is 22.9 Å². The van der Waals surface area contributed by atoms with Gasteiger partial charge in [-0.3, -0.25) is 14.4 Å². The molecule has 0 saturated carbocycles. The summed E-state index contributed by atoms with van der Waals surface area (Å²) in [7, 11) is 1.67. The highest BCUT2D eigenvalue weighted by molar-refractivity contribution is 5.94. The fourth-order valence-corrected chi connectivity index (χ4v) is 5.29. The molecule has 3 heterocycles. The summed E-state index contributed by atoms with van der Waals surface area (Å²) in [5.74, 6) is 0.744. The molecule has 2 aromatic carbocycles. The van der Waals surface area contributed by atoms with E-state index in [4.69, 9.17) is 9.84 Å². The molecular weight excluding hydrogens is 440 g/mol. The molecule has 1 saturated heterocycles. The number of hydrogen-bond acceptors (Lipinski definition) is 5. The van der Waals surface area contributed by atoms with Crippen molar-refractivity contribution in [2.75, 3.05) is 26.7 Å². The Labute approximate surface area is 206 Å². The van der Waals surface area contributed by atoms with E-state index in [0.29, 0.717) is 31.9 Å². The molecule has 1 N–H and O–H groups in total. The summed E-state index contributed by atoms with van der Waals surface area (Å²) in [6.45, 7) is 6.21. The minimum Gasteiger partial charge on any atom is -0.497 e. The van der Waals surface area contributed by atoms with Gasteiger partial charge >= 0.3 is 0 Å². The Morgan fingerprint density at radius 1 is 1.11 bits per heavy atom. The van der Waals surface area contributed by atoms with E-state index in [2.05, 4.69) is 42.2 Å². The van der Waals surface area contributed by atoms with Crippen LogP contribution in [0.15, 0.2) is 48.5 Å². The molecule has 2 aliphatic rings. The van der Waals surface area contributed by atoms with Crippen molar-refractivity contribution in [3.63, 3.8) is 0 Å². The second-order valence-electron chi connectivity index (χ2n) is 9.78. The van der Waals surface area contributed by atoms with Crippen LogP contribution in [0.4, 0.5) is 0 Å². The van der Waals surface area contributed by atoms with E-state index in [0.717, 1.165) is 54.9 Å². The molecule has 0 unspecified atom stereocenters. The highest BCUT2D eigenvalue weighted by Gasteiger charge is 2.32. The topological polar surface area (TPSA) is 70.8 Å². The average Bonchev–Trinajstić information content (AvgIpc) is 3.21. The van der Waals surface area contributed by atoms with Gasteiger partial charge in [-0.25, -0.2) is 0 Å². The van der Waals surface area contributed by atoms with Crippen LogP contribution in [-0.4, -0.2) is 63.4 Å². The average molecular weight is 475 g/mol. The van der Waals surface area contributed by atoms with E-state index in [1.165, 1.54) is 11.1 Å². The normalized spacial score (nSPS) is 18.4. The lowest BCUT2D eigenvalue weighted by atomic mass is 10.0. The van der Waals surface area contributed by atoms with Crippen LogP contribution in [0.2, 0.25) is 0 Å². The molecule has 0 aliphatic carbocycles. The fourth-order valence-electron chi connectivity index (χ4n) is 5.29. The van der Waals surface area contributed by atoms with Crippen LogP contribution in [0.5, 0.6) is 5.75 Å². The van der Waals surface area contributed by atoms with Gasteiger partial charge in [0, 0.05) is 50.4 Å². The molecule has 0 radical (unpaired) electrons. The summed E-state index contributed by atoms with van der Waals surface area (Å²) >= 11 is 0. The lowest BCUT2D eigenvalue weighted by molar-refractivity contribution is 0.0466. The zero-order valence-electron chi connectivity index (χ0n) is 20.6. The standard InChI is InChI=1S/C28H34N4O3/c1-20-6-3-7-21(14-20)16-30-13-11-26-25(19-30)27(28(34)31-12-5-9-23(33)18-31)29-32(26)17-22-8-4-10-24(15-22)35-2/h3-4,6-8,10,14-15,23,33H,5,9,11-13,16-19H2,1-2H3/t23-/m0/s1. The predicted octanol–water partition coefficient (Wildman–Crippen LogP) is 3.40. The first-order valence-electron chi connectivity index (χ1n) is 12.5. The SMILES string of the molecule is COc1cccc(Cn2nc(C(=O)N3CCC[C@H](O)C3)c3c2CCN(Cc2cccc(C)c2)C3)c1. The minimum absolute atomic E-state index is 0.0678. The third kappa shape index (κ3) is 5.26. The van der Waals surface area contributed by atoms with E-state index in [-0.39, 0.29) is 5.91 Å². The van der Waals surface area contributed by atoms with Gasteiger partial charge in [-0.05, 0) is 43.0 Å². The van der Waals surface area contributed by atoms with Gasteiger partial charge in [0.2, 0.25) is 0 Å². The van der Waals surface area contributed by atoms with Crippen molar-refractivity contribution in [2.45, 2.75) is 51.9 Å². The molecule has 2 aliphatic heterocycles. The van der Waals surface area contributed by atoms with Crippen LogP contribution < -0.4 is 4.74 Å². The van der Waals surface area contributed by atoms with Crippen molar-refractivity contribution in [1.29, 1.82) is 0 Å². The number of aliphatic hydroxyl groups is 1. The van der Waals surface area contributed by atoms with Gasteiger partial charge in [-0.1, -0.05) is 42.0 Å². The first kappa shape index (κ1) is 23.6. The van der Waals surface area contributed by atoms with E-state index < -0.39 is 6.10 Å². The predicted molar refractivity (Wildman–Crippen MR) is 134 cm³/mol. The lowest BCUT2D eigenvalue weighted by Gasteiger charge is -2.31. The summed E-state index contributed by atoms with van der Waals surface area (Å²) in [4.78, 5) is 17.8. The van der Waals surface area contributed by atoms with Gasteiger partial charge in [-0.2, -0.15) is 5.10 Å². The van der Waals surface area contributed by atoms with Gasteiger partial charge in [0.15, 0.2) is 5.69 Å². The zero-order valence-corrected chi connectivity index (χ0v) is 20.6. The van der Waals surface area contributed by atoms with Gasteiger partial charge in [0.25, 0.3) is 5.91 Å². The first-order chi connectivity index (χ1) is 17.0. The number of carbonyl (C=O) groups is 1. The smallest absolute Gasteiger partial charge is 0.274 e. The summed E-state index contributed by atoms with van der Waals surface area (Å²) in [5, 5.41) is 15.0. The molecule has 0 spiro atoms. The van der Waals surface area contributed by atoms with Crippen molar-refractivity contribution in [1.82, 2.24) is 19.6 Å². The highest BCUT2D eigenvalue weighted by atomic mass is 16.5. The third-order valence-electron chi connectivity index (χ3n) is 7.05. The Morgan fingerprint density at radius 3 is 2.69 bits per heavy atom. The number of aryl methyl sites for hydroxylation is 1. The van der Waals surface area contributed by atoms with E-state index in [1.54, 1.807) is 12.0 Å². The Hall–Kier alpha value is -3.16. The third-order valence-corrected chi connectivity index (χ3v) is 7.05. The summed E-state index contributed by atoms with van der Waals surface area (Å²) < 4.78 is 7.40. The Balaban J connectivity index is 1.45. The number of piperidine rings is 1. The maximum Gasteiger partial charge on any atom is 0.274 e. The van der Waals surface area contributed by atoms with Crippen molar-refractivity contribution >= 4 is 5.91 Å². The zero-order chi connectivity index (χ0) is 24.4. The molecule has 1 atom stereocenters.